The average molecular weight is 440 g/mol. The van der Waals surface area contributed by atoms with E-state index in [9.17, 15) is 9.59 Å². The second-order valence-electron chi connectivity index (χ2n) is 5.95. The number of nitrogens with one attached hydrogen (secondary N) is 2. The van der Waals surface area contributed by atoms with E-state index < -0.39 is 6.03 Å². The molecule has 8 nitrogen and oxygen atoms in total. The van der Waals surface area contributed by atoms with Crippen LogP contribution in [0.3, 0.4) is 0 Å². The van der Waals surface area contributed by atoms with Crippen molar-refractivity contribution in [2.24, 2.45) is 0 Å². The number of benzene rings is 2. The van der Waals surface area contributed by atoms with E-state index in [1.165, 1.54) is 34.3 Å². The largest absolute Gasteiger partial charge is 0.495 e. The summed E-state index contributed by atoms with van der Waals surface area (Å²) in [4.78, 5) is 24.1. The van der Waals surface area contributed by atoms with Gasteiger partial charge in [-0.3, -0.25) is 4.79 Å². The quantitative estimate of drug-likeness (QED) is 0.576. The molecule has 2 rings (SSSR count). The van der Waals surface area contributed by atoms with E-state index in [4.69, 9.17) is 25.8 Å². The van der Waals surface area contributed by atoms with Crippen LogP contribution >= 0.6 is 24.4 Å². The SMILES string of the molecule is COc1cc(OC)c(NC(=O)N(S)c2cc(OC)c(NC(C)=O)cc2C)cc1Cl. The molecule has 0 saturated heterocycles. The molecule has 0 aliphatic heterocycles. The highest BCUT2D eigenvalue weighted by Crippen LogP contribution is 2.37. The van der Waals surface area contributed by atoms with Crippen LogP contribution in [0, 0.1) is 6.92 Å². The van der Waals surface area contributed by atoms with E-state index in [2.05, 4.69) is 23.4 Å². The molecule has 0 aliphatic carbocycles. The highest BCUT2D eigenvalue weighted by Gasteiger charge is 2.20. The number of amides is 3. The van der Waals surface area contributed by atoms with Gasteiger partial charge in [-0.2, -0.15) is 0 Å². The summed E-state index contributed by atoms with van der Waals surface area (Å²) < 4.78 is 16.9. The summed E-state index contributed by atoms with van der Waals surface area (Å²) in [5.74, 6) is 0.937. The fourth-order valence-electron chi connectivity index (χ4n) is 2.60. The van der Waals surface area contributed by atoms with Gasteiger partial charge in [0.1, 0.15) is 17.2 Å². The van der Waals surface area contributed by atoms with Gasteiger partial charge in [0.2, 0.25) is 5.91 Å². The zero-order valence-corrected chi connectivity index (χ0v) is 18.3. The number of carbonyl (C=O) groups excluding carboxylic acids is 2. The first-order valence-electron chi connectivity index (χ1n) is 8.39. The molecule has 156 valence electrons. The molecule has 0 fully saturated rings. The first kappa shape index (κ1) is 22.5. The molecule has 0 atom stereocenters. The second-order valence-corrected chi connectivity index (χ2v) is 6.76. The van der Waals surface area contributed by atoms with Gasteiger partial charge in [0, 0.05) is 19.1 Å². The molecule has 10 heteroatoms. The zero-order valence-electron chi connectivity index (χ0n) is 16.6. The van der Waals surface area contributed by atoms with Crippen molar-refractivity contribution >= 4 is 53.4 Å². The average Bonchev–Trinajstić information content (AvgIpc) is 2.67. The summed E-state index contributed by atoms with van der Waals surface area (Å²) in [5.41, 5.74) is 2.00. The lowest BCUT2D eigenvalue weighted by atomic mass is 10.1. The molecule has 0 saturated carbocycles. The van der Waals surface area contributed by atoms with Gasteiger partial charge < -0.3 is 24.8 Å². The van der Waals surface area contributed by atoms with Crippen LogP contribution in [0.4, 0.5) is 21.9 Å². The Morgan fingerprint density at radius 1 is 0.931 bits per heavy atom. The zero-order chi connectivity index (χ0) is 21.7. The normalized spacial score (nSPS) is 10.2. The van der Waals surface area contributed by atoms with E-state index in [0.717, 1.165) is 4.31 Å². The lowest BCUT2D eigenvalue weighted by Crippen LogP contribution is -2.27. The maximum atomic E-state index is 12.8. The number of ether oxygens (including phenoxy) is 3. The monoisotopic (exact) mass is 439 g/mol. The molecule has 2 aromatic rings. The second kappa shape index (κ2) is 9.62. The van der Waals surface area contributed by atoms with Crippen LogP contribution in [0.15, 0.2) is 24.3 Å². The summed E-state index contributed by atoms with van der Waals surface area (Å²) in [6.45, 7) is 3.18. The molecule has 0 unspecified atom stereocenters. The first-order valence-corrected chi connectivity index (χ1v) is 9.17. The van der Waals surface area contributed by atoms with Crippen LogP contribution < -0.4 is 29.1 Å². The predicted octanol–water partition coefficient (Wildman–Crippen LogP) is 4.52. The molecule has 2 N–H and O–H groups in total. The Hall–Kier alpha value is -2.78. The smallest absolute Gasteiger partial charge is 0.336 e. The van der Waals surface area contributed by atoms with Gasteiger partial charge in [-0.25, -0.2) is 9.10 Å². The Morgan fingerprint density at radius 2 is 1.48 bits per heavy atom. The van der Waals surface area contributed by atoms with Crippen LogP contribution in [0.25, 0.3) is 0 Å². The van der Waals surface area contributed by atoms with Gasteiger partial charge in [-0.1, -0.05) is 24.4 Å². The third kappa shape index (κ3) is 5.18. The van der Waals surface area contributed by atoms with Gasteiger partial charge in [0.25, 0.3) is 0 Å². The third-order valence-electron chi connectivity index (χ3n) is 3.96. The number of halogens is 1. The Balaban J connectivity index is 2.33. The van der Waals surface area contributed by atoms with Crippen molar-refractivity contribution in [3.05, 3.63) is 34.9 Å². The van der Waals surface area contributed by atoms with E-state index in [-0.39, 0.29) is 5.91 Å². The summed E-state index contributed by atoms with van der Waals surface area (Å²) in [5, 5.41) is 5.69. The van der Waals surface area contributed by atoms with E-state index in [1.807, 2.05) is 0 Å². The lowest BCUT2D eigenvalue weighted by Gasteiger charge is -2.22. The maximum Gasteiger partial charge on any atom is 0.336 e. The number of rotatable bonds is 6. The summed E-state index contributed by atoms with van der Waals surface area (Å²) in [6.07, 6.45) is 0. The number of thiol groups is 1. The molecule has 0 heterocycles. The number of methoxy groups -OCH3 is 3. The van der Waals surface area contributed by atoms with Gasteiger partial charge in [0.05, 0.1) is 43.4 Å². The Labute approximate surface area is 179 Å². The number of aryl methyl sites for hydroxylation is 1. The molecule has 2 aromatic carbocycles. The fourth-order valence-corrected chi connectivity index (χ4v) is 3.10. The topological polar surface area (TPSA) is 89.1 Å². The fraction of sp³-hybridized carbons (Fsp3) is 0.263. The van der Waals surface area contributed by atoms with Crippen molar-refractivity contribution < 1.29 is 23.8 Å². The van der Waals surface area contributed by atoms with E-state index in [0.29, 0.717) is 44.9 Å². The molecule has 0 aliphatic rings. The standard InChI is InChI=1S/C19H22ClN3O5S/c1-10-6-13(21-11(2)24)17(27-4)8-15(10)23(29)19(25)22-14-7-12(20)16(26-3)9-18(14)28-5/h6-9,29H,1-5H3,(H,21,24)(H,22,25). The van der Waals surface area contributed by atoms with Gasteiger partial charge in [-0.05, 0) is 24.6 Å². The van der Waals surface area contributed by atoms with Crippen molar-refractivity contribution in [3.63, 3.8) is 0 Å². The van der Waals surface area contributed by atoms with Crippen molar-refractivity contribution in [2.75, 3.05) is 36.3 Å². The highest BCUT2D eigenvalue weighted by molar-refractivity contribution is 7.82. The number of carbonyl (C=O) groups is 2. The number of hydrogen-bond donors (Lipinski definition) is 3. The Morgan fingerprint density at radius 3 is 2.03 bits per heavy atom. The first-order chi connectivity index (χ1) is 13.7. The minimum absolute atomic E-state index is 0.237. The van der Waals surface area contributed by atoms with Crippen LogP contribution in [-0.4, -0.2) is 33.3 Å². The summed E-state index contributed by atoms with van der Waals surface area (Å²) in [6, 6.07) is 5.83. The van der Waals surface area contributed by atoms with Crippen molar-refractivity contribution in [1.29, 1.82) is 0 Å². The predicted molar refractivity (Wildman–Crippen MR) is 117 cm³/mol. The molecule has 29 heavy (non-hydrogen) atoms. The minimum atomic E-state index is -0.551. The van der Waals surface area contributed by atoms with E-state index >= 15 is 0 Å². The van der Waals surface area contributed by atoms with Crippen LogP contribution in [0.5, 0.6) is 17.2 Å². The molecule has 0 radical (unpaired) electrons. The van der Waals surface area contributed by atoms with Crippen molar-refractivity contribution in [1.82, 2.24) is 0 Å². The summed E-state index contributed by atoms with van der Waals surface area (Å²) in [7, 11) is 4.41. The number of hydrogen-bond acceptors (Lipinski definition) is 6. The van der Waals surface area contributed by atoms with Gasteiger partial charge in [0.15, 0.2) is 0 Å². The Bertz CT molecular complexity index is 939. The lowest BCUT2D eigenvalue weighted by molar-refractivity contribution is -0.114. The number of urea groups is 1. The molecule has 0 spiro atoms. The molecular formula is C19H22ClN3O5S. The molecule has 0 bridgehead atoms. The van der Waals surface area contributed by atoms with Gasteiger partial charge >= 0.3 is 6.03 Å². The van der Waals surface area contributed by atoms with E-state index in [1.54, 1.807) is 25.1 Å². The minimum Gasteiger partial charge on any atom is -0.495 e. The van der Waals surface area contributed by atoms with Gasteiger partial charge in [-0.15, -0.1) is 0 Å². The van der Waals surface area contributed by atoms with Crippen LogP contribution in [-0.2, 0) is 4.79 Å². The summed E-state index contributed by atoms with van der Waals surface area (Å²) >= 11 is 10.5. The molecule has 0 aromatic heterocycles. The molecule has 3 amide bonds. The van der Waals surface area contributed by atoms with Crippen LogP contribution in [0.1, 0.15) is 12.5 Å². The van der Waals surface area contributed by atoms with Crippen LogP contribution in [0.2, 0.25) is 5.02 Å². The maximum absolute atomic E-state index is 12.8. The van der Waals surface area contributed by atoms with Crippen molar-refractivity contribution in [3.8, 4) is 17.2 Å². The van der Waals surface area contributed by atoms with Crippen molar-refractivity contribution in [2.45, 2.75) is 13.8 Å². The third-order valence-corrected chi connectivity index (χ3v) is 4.66. The Kier molecular flexibility index (Phi) is 7.46. The molecular weight excluding hydrogens is 418 g/mol. The number of nitrogens with zero attached hydrogens (tertiary/aromatic N) is 1. The highest BCUT2D eigenvalue weighted by atomic mass is 35.5. The number of anilines is 3.